The molecular formula is C16H16O2. The molecule has 1 aliphatic rings. The lowest BCUT2D eigenvalue weighted by molar-refractivity contribution is -0.144. The first-order chi connectivity index (χ1) is 8.46. The highest BCUT2D eigenvalue weighted by Crippen LogP contribution is 2.50. The summed E-state index contributed by atoms with van der Waals surface area (Å²) in [4.78, 5) is 0. The summed E-state index contributed by atoms with van der Waals surface area (Å²) in [6.07, 6.45) is 0. The zero-order valence-electron chi connectivity index (χ0n) is 10.5. The highest BCUT2D eigenvalue weighted by atomic mass is 16.4. The maximum Gasteiger partial charge on any atom is 0.120 e. The predicted molar refractivity (Wildman–Crippen MR) is 71.0 cm³/mol. The molecule has 1 aliphatic carbocycles. The van der Waals surface area contributed by atoms with Gasteiger partial charge in [0.1, 0.15) is 11.2 Å². The van der Waals surface area contributed by atoms with Crippen LogP contribution in [-0.4, -0.2) is 10.2 Å². The van der Waals surface area contributed by atoms with Crippen molar-refractivity contribution in [1.82, 2.24) is 0 Å². The number of fused-ring (bicyclic) bond motifs is 3. The van der Waals surface area contributed by atoms with E-state index in [1.165, 1.54) is 0 Å². The fraction of sp³-hybridized carbons (Fsp3) is 0.250. The Bertz CT molecular complexity index is 556. The number of hydrogen-bond donors (Lipinski definition) is 2. The van der Waals surface area contributed by atoms with Crippen LogP contribution < -0.4 is 0 Å². The Kier molecular flexibility index (Phi) is 2.19. The normalized spacial score (nSPS) is 29.6. The van der Waals surface area contributed by atoms with Crippen molar-refractivity contribution < 1.29 is 10.2 Å². The van der Waals surface area contributed by atoms with Gasteiger partial charge in [0.25, 0.3) is 0 Å². The van der Waals surface area contributed by atoms with Gasteiger partial charge >= 0.3 is 0 Å². The molecule has 0 amide bonds. The Hall–Kier alpha value is -1.64. The molecule has 3 rings (SSSR count). The van der Waals surface area contributed by atoms with Gasteiger partial charge in [-0.15, -0.1) is 0 Å². The van der Waals surface area contributed by atoms with Crippen molar-refractivity contribution in [2.75, 3.05) is 0 Å². The molecule has 2 N–H and O–H groups in total. The van der Waals surface area contributed by atoms with Crippen molar-refractivity contribution in [3.63, 3.8) is 0 Å². The van der Waals surface area contributed by atoms with E-state index >= 15 is 0 Å². The molecular weight excluding hydrogens is 224 g/mol. The molecule has 0 aliphatic heterocycles. The third-order valence-corrected chi connectivity index (χ3v) is 4.14. The van der Waals surface area contributed by atoms with E-state index in [-0.39, 0.29) is 0 Å². The molecule has 0 fully saturated rings. The molecule has 0 spiro atoms. The number of hydrogen-bond acceptors (Lipinski definition) is 2. The molecule has 0 saturated carbocycles. The van der Waals surface area contributed by atoms with Crippen LogP contribution >= 0.6 is 0 Å². The first kappa shape index (κ1) is 11.5. The van der Waals surface area contributed by atoms with E-state index in [1.807, 2.05) is 48.5 Å². The van der Waals surface area contributed by atoms with Crippen LogP contribution in [0, 0.1) is 0 Å². The van der Waals surface area contributed by atoms with Gasteiger partial charge in [0.05, 0.1) is 0 Å². The Morgan fingerprint density at radius 2 is 1.00 bits per heavy atom. The van der Waals surface area contributed by atoms with E-state index in [9.17, 15) is 10.2 Å². The van der Waals surface area contributed by atoms with Crippen LogP contribution in [0.5, 0.6) is 0 Å². The molecule has 92 valence electrons. The summed E-state index contributed by atoms with van der Waals surface area (Å²) in [6.45, 7) is 3.34. The van der Waals surface area contributed by atoms with Gasteiger partial charge in [0.2, 0.25) is 0 Å². The van der Waals surface area contributed by atoms with Crippen molar-refractivity contribution in [2.45, 2.75) is 25.0 Å². The van der Waals surface area contributed by atoms with Crippen molar-refractivity contribution in [1.29, 1.82) is 0 Å². The van der Waals surface area contributed by atoms with Crippen LogP contribution in [0.1, 0.15) is 25.0 Å². The largest absolute Gasteiger partial charge is 0.382 e. The first-order valence-corrected chi connectivity index (χ1v) is 6.10. The molecule has 2 aromatic rings. The van der Waals surface area contributed by atoms with Gasteiger partial charge in [-0.3, -0.25) is 0 Å². The second kappa shape index (κ2) is 3.44. The molecule has 2 nitrogen and oxygen atoms in total. The zero-order valence-corrected chi connectivity index (χ0v) is 10.5. The third-order valence-electron chi connectivity index (χ3n) is 4.14. The van der Waals surface area contributed by atoms with Gasteiger partial charge < -0.3 is 10.2 Å². The van der Waals surface area contributed by atoms with Gasteiger partial charge in [-0.05, 0) is 36.1 Å². The Labute approximate surface area is 107 Å². The molecule has 0 radical (unpaired) electrons. The standard InChI is InChI=1S/C16H16O2/c1-15(17)13-9-5-3-7-11(13)12-8-4-6-10-14(12)16(15,2)18/h3-10,17-18H,1-2H3. The van der Waals surface area contributed by atoms with E-state index in [2.05, 4.69) is 0 Å². The minimum atomic E-state index is -1.29. The lowest BCUT2D eigenvalue weighted by Gasteiger charge is -2.45. The van der Waals surface area contributed by atoms with Gasteiger partial charge in [-0.25, -0.2) is 0 Å². The molecule has 2 unspecified atom stereocenters. The lowest BCUT2D eigenvalue weighted by Crippen LogP contribution is -2.47. The van der Waals surface area contributed by atoms with E-state index in [0.29, 0.717) is 0 Å². The molecule has 2 aromatic carbocycles. The molecule has 0 saturated heterocycles. The number of benzene rings is 2. The molecule has 2 heteroatoms. The van der Waals surface area contributed by atoms with Crippen LogP contribution in [-0.2, 0) is 11.2 Å². The Morgan fingerprint density at radius 3 is 1.39 bits per heavy atom. The average molecular weight is 240 g/mol. The molecule has 18 heavy (non-hydrogen) atoms. The average Bonchev–Trinajstić information content (AvgIpc) is 2.37. The minimum Gasteiger partial charge on any atom is -0.382 e. The van der Waals surface area contributed by atoms with Gasteiger partial charge in [0, 0.05) is 0 Å². The minimum absolute atomic E-state index is 0.772. The van der Waals surface area contributed by atoms with Gasteiger partial charge in [0.15, 0.2) is 0 Å². The fourth-order valence-electron chi connectivity index (χ4n) is 2.81. The smallest absolute Gasteiger partial charge is 0.120 e. The summed E-state index contributed by atoms with van der Waals surface area (Å²) in [5.74, 6) is 0. The molecule has 0 bridgehead atoms. The summed E-state index contributed by atoms with van der Waals surface area (Å²) >= 11 is 0. The molecule has 0 heterocycles. The maximum absolute atomic E-state index is 10.8. The first-order valence-electron chi connectivity index (χ1n) is 6.10. The maximum atomic E-state index is 10.8. The van der Waals surface area contributed by atoms with Gasteiger partial charge in [-0.1, -0.05) is 48.5 Å². The van der Waals surface area contributed by atoms with E-state index < -0.39 is 11.2 Å². The third kappa shape index (κ3) is 1.25. The highest BCUT2D eigenvalue weighted by Gasteiger charge is 2.49. The fourth-order valence-corrected chi connectivity index (χ4v) is 2.81. The van der Waals surface area contributed by atoms with Crippen LogP contribution in [0.2, 0.25) is 0 Å². The predicted octanol–water partition coefficient (Wildman–Crippen LogP) is 2.78. The topological polar surface area (TPSA) is 40.5 Å². The van der Waals surface area contributed by atoms with Crippen LogP contribution in [0.25, 0.3) is 11.1 Å². The molecule has 2 atom stereocenters. The zero-order chi connectivity index (χ0) is 13.0. The summed E-state index contributed by atoms with van der Waals surface area (Å²) < 4.78 is 0. The monoisotopic (exact) mass is 240 g/mol. The summed E-state index contributed by atoms with van der Waals surface area (Å²) in [5, 5.41) is 21.5. The van der Waals surface area contributed by atoms with Crippen molar-refractivity contribution in [3.05, 3.63) is 59.7 Å². The Balaban J connectivity index is 2.43. The summed E-state index contributed by atoms with van der Waals surface area (Å²) in [5.41, 5.74) is 0.937. The Morgan fingerprint density at radius 1 is 0.667 bits per heavy atom. The van der Waals surface area contributed by atoms with Crippen molar-refractivity contribution >= 4 is 0 Å². The highest BCUT2D eigenvalue weighted by molar-refractivity contribution is 5.76. The number of aliphatic hydroxyl groups is 2. The van der Waals surface area contributed by atoms with Crippen LogP contribution in [0.4, 0.5) is 0 Å². The van der Waals surface area contributed by atoms with Crippen molar-refractivity contribution in [2.24, 2.45) is 0 Å². The summed E-state index contributed by atoms with van der Waals surface area (Å²) in [7, 11) is 0. The second-order valence-corrected chi connectivity index (χ2v) is 5.24. The van der Waals surface area contributed by atoms with Crippen molar-refractivity contribution in [3.8, 4) is 11.1 Å². The molecule has 0 aromatic heterocycles. The SMILES string of the molecule is CC1(O)c2ccccc2-c2ccccc2C1(C)O. The van der Waals surface area contributed by atoms with Gasteiger partial charge in [-0.2, -0.15) is 0 Å². The van der Waals surface area contributed by atoms with E-state index in [0.717, 1.165) is 22.3 Å². The van der Waals surface area contributed by atoms with E-state index in [1.54, 1.807) is 13.8 Å². The second-order valence-electron chi connectivity index (χ2n) is 5.24. The number of rotatable bonds is 0. The quantitative estimate of drug-likeness (QED) is 0.743. The van der Waals surface area contributed by atoms with Crippen LogP contribution in [0.3, 0.4) is 0 Å². The summed E-state index contributed by atoms with van der Waals surface area (Å²) in [6, 6.07) is 15.4. The van der Waals surface area contributed by atoms with E-state index in [4.69, 9.17) is 0 Å². The van der Waals surface area contributed by atoms with Crippen LogP contribution in [0.15, 0.2) is 48.5 Å². The lowest BCUT2D eigenvalue weighted by atomic mass is 9.67.